The highest BCUT2D eigenvalue weighted by molar-refractivity contribution is 6.36. The fourth-order valence-corrected chi connectivity index (χ4v) is 4.83. The Morgan fingerprint density at radius 2 is 1.97 bits per heavy atom. The van der Waals surface area contributed by atoms with E-state index in [9.17, 15) is 9.18 Å². The van der Waals surface area contributed by atoms with Crippen LogP contribution in [0.2, 0.25) is 10.0 Å². The maximum atomic E-state index is 12.9. The fourth-order valence-electron chi connectivity index (χ4n) is 4.33. The van der Waals surface area contributed by atoms with E-state index in [-0.39, 0.29) is 25.8 Å². The molecule has 0 saturated carbocycles. The minimum Gasteiger partial charge on any atom is -0.444 e. The number of ether oxygens (including phenoxy) is 2. The van der Waals surface area contributed by atoms with Gasteiger partial charge in [0.2, 0.25) is 0 Å². The summed E-state index contributed by atoms with van der Waals surface area (Å²) < 4.78 is 24.2. The molecule has 3 aromatic rings. The zero-order valence-corrected chi connectivity index (χ0v) is 22.8. The summed E-state index contributed by atoms with van der Waals surface area (Å²) in [5.41, 5.74) is 3.75. The number of anilines is 1. The number of nitrogens with one attached hydrogen (secondary N) is 1. The molecule has 4 rings (SSSR count). The maximum absolute atomic E-state index is 12.9. The molecule has 1 aliphatic rings. The zero-order chi connectivity index (χ0) is 27.1. The van der Waals surface area contributed by atoms with Crippen molar-refractivity contribution in [1.29, 1.82) is 0 Å². The third kappa shape index (κ3) is 6.70. The molecule has 2 aromatic heterocycles. The van der Waals surface area contributed by atoms with Gasteiger partial charge < -0.3 is 19.7 Å². The van der Waals surface area contributed by atoms with Gasteiger partial charge in [-0.3, -0.25) is 4.98 Å². The van der Waals surface area contributed by atoms with Gasteiger partial charge in [-0.25, -0.2) is 19.2 Å². The van der Waals surface area contributed by atoms with Crippen molar-refractivity contribution in [3.05, 3.63) is 69.7 Å². The van der Waals surface area contributed by atoms with Gasteiger partial charge in [0.05, 0.1) is 47.4 Å². The number of pyridine rings is 1. The molecule has 1 fully saturated rings. The predicted molar refractivity (Wildman–Crippen MR) is 145 cm³/mol. The number of likely N-dealkylation sites (tertiary alicyclic amines) is 1. The summed E-state index contributed by atoms with van der Waals surface area (Å²) in [6.45, 7) is 3.97. The molecule has 11 heteroatoms. The second-order valence-electron chi connectivity index (χ2n) is 8.82. The van der Waals surface area contributed by atoms with Crippen LogP contribution >= 0.6 is 23.2 Å². The first kappa shape index (κ1) is 28.0. The number of hydrogen-bond donors (Lipinski definition) is 1. The highest BCUT2D eigenvalue weighted by Gasteiger charge is 2.37. The Bertz CT molecular complexity index is 1250. The van der Waals surface area contributed by atoms with E-state index in [1.165, 1.54) is 0 Å². The Morgan fingerprint density at radius 1 is 1.16 bits per heavy atom. The van der Waals surface area contributed by atoms with Gasteiger partial charge in [-0.15, -0.1) is 0 Å². The molecule has 1 N–H and O–H groups in total. The lowest BCUT2D eigenvalue weighted by molar-refractivity contribution is 0.0424. The van der Waals surface area contributed by atoms with Crippen molar-refractivity contribution >= 4 is 35.1 Å². The molecule has 0 radical (unpaired) electrons. The lowest BCUT2D eigenvalue weighted by Gasteiger charge is -2.22. The van der Waals surface area contributed by atoms with Crippen LogP contribution in [0.25, 0.3) is 11.3 Å². The summed E-state index contributed by atoms with van der Waals surface area (Å²) in [6.07, 6.45) is 3.61. The molecule has 38 heavy (non-hydrogen) atoms. The van der Waals surface area contributed by atoms with Crippen molar-refractivity contribution in [3.63, 3.8) is 0 Å². The van der Waals surface area contributed by atoms with E-state index in [2.05, 4.69) is 10.3 Å². The minimum atomic E-state index is -0.620. The molecule has 2 unspecified atom stereocenters. The number of alkyl halides is 1. The number of carbonyl (C=O) groups is 1. The van der Waals surface area contributed by atoms with Gasteiger partial charge in [0.15, 0.2) is 0 Å². The highest BCUT2D eigenvalue weighted by Crippen LogP contribution is 2.33. The topological polar surface area (TPSA) is 89.5 Å². The first-order valence-electron chi connectivity index (χ1n) is 12.5. The molecule has 0 aliphatic carbocycles. The molecule has 1 aliphatic heterocycles. The van der Waals surface area contributed by atoms with Crippen molar-refractivity contribution in [2.45, 2.75) is 45.4 Å². The number of aryl methyl sites for hydroxylation is 2. The van der Waals surface area contributed by atoms with E-state index in [0.29, 0.717) is 40.9 Å². The highest BCUT2D eigenvalue weighted by atomic mass is 35.5. The van der Waals surface area contributed by atoms with Gasteiger partial charge in [0.25, 0.3) is 0 Å². The van der Waals surface area contributed by atoms with Crippen LogP contribution in [0.1, 0.15) is 30.8 Å². The number of aromatic nitrogens is 3. The van der Waals surface area contributed by atoms with Gasteiger partial charge in [0, 0.05) is 35.1 Å². The van der Waals surface area contributed by atoms with Crippen LogP contribution in [0.5, 0.6) is 0 Å². The number of nitrogens with zero attached hydrogens (tertiary/aromatic N) is 4. The Kier molecular flexibility index (Phi) is 9.71. The van der Waals surface area contributed by atoms with Crippen LogP contribution < -0.4 is 5.32 Å². The summed E-state index contributed by atoms with van der Waals surface area (Å²) in [6, 6.07) is 8.58. The smallest absolute Gasteiger partial charge is 0.410 e. The summed E-state index contributed by atoms with van der Waals surface area (Å²) >= 11 is 12.6. The molecule has 1 saturated heterocycles. The molecule has 3 heterocycles. The van der Waals surface area contributed by atoms with E-state index in [0.717, 1.165) is 22.5 Å². The Labute approximate surface area is 231 Å². The van der Waals surface area contributed by atoms with Crippen molar-refractivity contribution in [3.8, 4) is 11.3 Å². The standard InChI is InChI=1S/C27H30Cl2FN5O3/c1-3-21-25(19-8-7-18(28)12-20(19)29)32-22(4-2)26(33-21)34-23-14-35(15-24(23)37-11-9-30)27(36)38-16-17-6-5-10-31-13-17/h5-8,10,12-13,23-24H,3-4,9,11,14-16H2,1-2H3,(H,33,34). The van der Waals surface area contributed by atoms with Crippen LogP contribution in [0.15, 0.2) is 42.7 Å². The second kappa shape index (κ2) is 13.2. The van der Waals surface area contributed by atoms with Crippen LogP contribution in [-0.4, -0.2) is 64.5 Å². The lowest BCUT2D eigenvalue weighted by Crippen LogP contribution is -2.36. The van der Waals surface area contributed by atoms with Gasteiger partial charge >= 0.3 is 6.09 Å². The number of hydrogen-bond acceptors (Lipinski definition) is 7. The lowest BCUT2D eigenvalue weighted by atomic mass is 10.1. The van der Waals surface area contributed by atoms with Crippen LogP contribution in [-0.2, 0) is 28.9 Å². The molecule has 0 spiro atoms. The average molecular weight is 562 g/mol. The largest absolute Gasteiger partial charge is 0.444 e. The third-order valence-electron chi connectivity index (χ3n) is 6.24. The summed E-state index contributed by atoms with van der Waals surface area (Å²) in [7, 11) is 0. The summed E-state index contributed by atoms with van der Waals surface area (Å²) in [4.78, 5) is 28.2. The second-order valence-corrected chi connectivity index (χ2v) is 9.66. The van der Waals surface area contributed by atoms with Gasteiger partial charge in [-0.2, -0.15) is 0 Å². The number of rotatable bonds is 10. The molecule has 1 amide bonds. The number of amides is 1. The first-order chi connectivity index (χ1) is 18.4. The monoisotopic (exact) mass is 561 g/mol. The molecule has 202 valence electrons. The molecule has 8 nitrogen and oxygen atoms in total. The minimum absolute atomic E-state index is 0.0675. The number of halogens is 3. The molecule has 1 aromatic carbocycles. The Hall–Kier alpha value is -3.01. The first-order valence-corrected chi connectivity index (χ1v) is 13.3. The number of carbonyl (C=O) groups excluding carboxylic acids is 1. The van der Waals surface area contributed by atoms with E-state index < -0.39 is 18.9 Å². The van der Waals surface area contributed by atoms with Crippen LogP contribution in [0.3, 0.4) is 0 Å². The zero-order valence-electron chi connectivity index (χ0n) is 21.3. The third-order valence-corrected chi connectivity index (χ3v) is 6.78. The Balaban J connectivity index is 1.54. The molecule has 2 atom stereocenters. The molecule has 0 bridgehead atoms. The predicted octanol–water partition coefficient (Wildman–Crippen LogP) is 5.76. The van der Waals surface area contributed by atoms with Crippen LogP contribution in [0, 0.1) is 0 Å². The average Bonchev–Trinajstić information content (AvgIpc) is 3.33. The van der Waals surface area contributed by atoms with E-state index in [1.54, 1.807) is 35.5 Å². The van der Waals surface area contributed by atoms with E-state index in [1.807, 2.05) is 26.0 Å². The molecular weight excluding hydrogens is 532 g/mol. The maximum Gasteiger partial charge on any atom is 0.410 e. The van der Waals surface area contributed by atoms with E-state index >= 15 is 0 Å². The van der Waals surface area contributed by atoms with E-state index in [4.69, 9.17) is 42.6 Å². The quantitative estimate of drug-likeness (QED) is 0.336. The number of benzene rings is 1. The van der Waals surface area contributed by atoms with Crippen LogP contribution in [0.4, 0.5) is 15.0 Å². The summed E-state index contributed by atoms with van der Waals surface area (Å²) in [5, 5.41) is 4.47. The summed E-state index contributed by atoms with van der Waals surface area (Å²) in [5.74, 6) is 0.600. The van der Waals surface area contributed by atoms with Crippen molar-refractivity contribution in [2.75, 3.05) is 31.7 Å². The normalized spacial score (nSPS) is 17.0. The molecular formula is C27H30Cl2FN5O3. The SMILES string of the molecule is CCc1nc(-c2ccc(Cl)cc2Cl)c(CC)nc1NC1CN(C(=O)OCc2cccnc2)CC1OCCF. The van der Waals surface area contributed by atoms with Crippen molar-refractivity contribution < 1.29 is 18.7 Å². The fraction of sp³-hybridized carbons (Fsp3) is 0.407. The van der Waals surface area contributed by atoms with Gasteiger partial charge in [0.1, 0.15) is 19.1 Å². The van der Waals surface area contributed by atoms with Crippen molar-refractivity contribution in [1.82, 2.24) is 19.9 Å². The Morgan fingerprint density at radius 3 is 2.66 bits per heavy atom. The van der Waals surface area contributed by atoms with Gasteiger partial charge in [-0.05, 0) is 37.1 Å². The van der Waals surface area contributed by atoms with Crippen molar-refractivity contribution in [2.24, 2.45) is 0 Å². The van der Waals surface area contributed by atoms with Gasteiger partial charge in [-0.1, -0.05) is 43.1 Å².